The van der Waals surface area contributed by atoms with Gasteiger partial charge in [-0.1, -0.05) is 0 Å². The van der Waals surface area contributed by atoms with Gasteiger partial charge in [0.25, 0.3) is 0 Å². The van der Waals surface area contributed by atoms with Crippen molar-refractivity contribution in [2.24, 2.45) is 0 Å². The van der Waals surface area contributed by atoms with Crippen LogP contribution in [0.5, 0.6) is 0 Å². The minimum atomic E-state index is 0.257. The van der Waals surface area contributed by atoms with Crippen LogP contribution in [-0.4, -0.2) is 73.0 Å². The van der Waals surface area contributed by atoms with E-state index in [2.05, 4.69) is 16.5 Å². The fourth-order valence-electron chi connectivity index (χ4n) is 2.31. The minimum Gasteiger partial charge on any atom is -0.343 e. The van der Waals surface area contributed by atoms with Crippen molar-refractivity contribution in [2.75, 3.05) is 46.0 Å². The molecule has 0 bridgehead atoms. The largest absolute Gasteiger partial charge is 0.343 e. The Morgan fingerprint density at radius 1 is 1.40 bits per heavy atom. The van der Waals surface area contributed by atoms with Crippen molar-refractivity contribution in [1.82, 2.24) is 15.1 Å². The molecule has 4 nitrogen and oxygen atoms in total. The van der Waals surface area contributed by atoms with Crippen molar-refractivity contribution in [3.63, 3.8) is 0 Å². The summed E-state index contributed by atoms with van der Waals surface area (Å²) >= 11 is 1.91. The second-order valence-electron chi connectivity index (χ2n) is 4.29. The summed E-state index contributed by atoms with van der Waals surface area (Å²) < 4.78 is 0. The maximum absolute atomic E-state index is 11.6. The minimum absolute atomic E-state index is 0.257. The molecule has 0 aliphatic carbocycles. The normalized spacial score (nSPS) is 33.7. The lowest BCUT2D eigenvalue weighted by Gasteiger charge is -2.37. The van der Waals surface area contributed by atoms with Crippen molar-refractivity contribution in [3.8, 4) is 0 Å². The first kappa shape index (κ1) is 11.2. The van der Waals surface area contributed by atoms with Crippen LogP contribution in [0.2, 0.25) is 0 Å². The van der Waals surface area contributed by atoms with Crippen LogP contribution in [0.1, 0.15) is 0 Å². The predicted molar refractivity (Wildman–Crippen MR) is 63.2 cm³/mol. The molecule has 2 saturated heterocycles. The Hall–Kier alpha value is -0.260. The highest BCUT2D eigenvalue weighted by molar-refractivity contribution is 7.99. The molecule has 2 fully saturated rings. The molecule has 2 atom stereocenters. The van der Waals surface area contributed by atoms with Gasteiger partial charge in [0.15, 0.2) is 0 Å². The zero-order chi connectivity index (χ0) is 10.8. The van der Waals surface area contributed by atoms with Gasteiger partial charge in [-0.15, -0.1) is 0 Å². The summed E-state index contributed by atoms with van der Waals surface area (Å²) in [5.74, 6) is 0.257. The number of hydrogen-bond acceptors (Lipinski definition) is 4. The molecule has 0 radical (unpaired) electrons. The molecule has 1 N–H and O–H groups in total. The number of nitrogens with one attached hydrogen (secondary N) is 1. The highest BCUT2D eigenvalue weighted by Crippen LogP contribution is 2.21. The number of likely N-dealkylation sites (N-methyl/N-ethyl adjacent to an activating group) is 1. The Balaban J connectivity index is 1.96. The maximum atomic E-state index is 11.6. The standard InChI is InChI=1S/C10H19N3OS/c1-12-3-4-13(7-10(12)14)8-5-11-6-9(8)15-2/h8-9,11H,3-7H2,1-2H3. The molecule has 0 saturated carbocycles. The monoisotopic (exact) mass is 229 g/mol. The quantitative estimate of drug-likeness (QED) is 0.690. The van der Waals surface area contributed by atoms with Crippen molar-refractivity contribution < 1.29 is 4.79 Å². The molecule has 2 aliphatic rings. The zero-order valence-electron chi connectivity index (χ0n) is 9.40. The third-order valence-electron chi connectivity index (χ3n) is 3.39. The van der Waals surface area contributed by atoms with E-state index in [9.17, 15) is 4.79 Å². The molecule has 2 aliphatic heterocycles. The van der Waals surface area contributed by atoms with E-state index in [0.29, 0.717) is 17.8 Å². The van der Waals surface area contributed by atoms with Gasteiger partial charge < -0.3 is 10.2 Å². The van der Waals surface area contributed by atoms with Gasteiger partial charge in [-0.25, -0.2) is 0 Å². The van der Waals surface area contributed by atoms with E-state index in [1.807, 2.05) is 23.7 Å². The van der Waals surface area contributed by atoms with Crippen LogP contribution in [0, 0.1) is 0 Å². The van der Waals surface area contributed by atoms with Gasteiger partial charge in [0.05, 0.1) is 6.54 Å². The number of piperazine rings is 1. The number of carbonyl (C=O) groups is 1. The third-order valence-corrected chi connectivity index (χ3v) is 4.47. The van der Waals surface area contributed by atoms with Gasteiger partial charge in [-0.3, -0.25) is 9.69 Å². The van der Waals surface area contributed by atoms with Gasteiger partial charge in [0.2, 0.25) is 5.91 Å². The molecule has 0 aromatic carbocycles. The molecule has 0 aromatic rings. The van der Waals surface area contributed by atoms with Crippen LogP contribution in [0.3, 0.4) is 0 Å². The fourth-order valence-corrected chi connectivity index (χ4v) is 3.17. The van der Waals surface area contributed by atoms with E-state index < -0.39 is 0 Å². The number of amides is 1. The summed E-state index contributed by atoms with van der Waals surface area (Å²) in [7, 11) is 1.89. The molecule has 2 rings (SSSR count). The Morgan fingerprint density at radius 2 is 2.20 bits per heavy atom. The highest BCUT2D eigenvalue weighted by Gasteiger charge is 2.34. The molecule has 0 aromatic heterocycles. The molecule has 5 heteroatoms. The highest BCUT2D eigenvalue weighted by atomic mass is 32.2. The summed E-state index contributed by atoms with van der Waals surface area (Å²) in [5.41, 5.74) is 0. The molecular formula is C10H19N3OS. The average molecular weight is 229 g/mol. The van der Waals surface area contributed by atoms with E-state index >= 15 is 0 Å². The topological polar surface area (TPSA) is 35.6 Å². The van der Waals surface area contributed by atoms with Crippen LogP contribution in [0.25, 0.3) is 0 Å². The van der Waals surface area contributed by atoms with Gasteiger partial charge in [-0.05, 0) is 6.26 Å². The van der Waals surface area contributed by atoms with E-state index in [1.165, 1.54) is 0 Å². The lowest BCUT2D eigenvalue weighted by molar-refractivity contribution is -0.135. The molecular weight excluding hydrogens is 210 g/mol. The molecule has 2 unspecified atom stereocenters. The van der Waals surface area contributed by atoms with Crippen LogP contribution in [0.4, 0.5) is 0 Å². The SMILES string of the molecule is CSC1CNCC1N1CCN(C)C(=O)C1. The van der Waals surface area contributed by atoms with Crippen LogP contribution in [-0.2, 0) is 4.79 Å². The lowest BCUT2D eigenvalue weighted by atomic mass is 10.2. The van der Waals surface area contributed by atoms with E-state index in [-0.39, 0.29) is 5.91 Å². The maximum Gasteiger partial charge on any atom is 0.236 e. The van der Waals surface area contributed by atoms with Crippen molar-refractivity contribution in [1.29, 1.82) is 0 Å². The first-order chi connectivity index (χ1) is 7.22. The fraction of sp³-hybridized carbons (Fsp3) is 0.900. The summed E-state index contributed by atoms with van der Waals surface area (Å²) in [6, 6.07) is 0.539. The van der Waals surface area contributed by atoms with Gasteiger partial charge >= 0.3 is 0 Å². The number of nitrogens with zero attached hydrogens (tertiary/aromatic N) is 2. The molecule has 86 valence electrons. The van der Waals surface area contributed by atoms with Crippen LogP contribution in [0.15, 0.2) is 0 Å². The first-order valence-corrected chi connectivity index (χ1v) is 6.72. The van der Waals surface area contributed by atoms with Crippen molar-refractivity contribution in [2.45, 2.75) is 11.3 Å². The number of carbonyl (C=O) groups excluding carboxylic acids is 1. The van der Waals surface area contributed by atoms with Crippen molar-refractivity contribution >= 4 is 17.7 Å². The summed E-state index contributed by atoms with van der Waals surface area (Å²) in [6.45, 7) is 4.59. The second-order valence-corrected chi connectivity index (χ2v) is 5.36. The summed E-state index contributed by atoms with van der Waals surface area (Å²) in [4.78, 5) is 15.8. The Labute approximate surface area is 95.4 Å². The summed E-state index contributed by atoms with van der Waals surface area (Å²) in [5, 5.41) is 4.05. The van der Waals surface area contributed by atoms with Crippen molar-refractivity contribution in [3.05, 3.63) is 0 Å². The smallest absolute Gasteiger partial charge is 0.236 e. The number of hydrogen-bond donors (Lipinski definition) is 1. The van der Waals surface area contributed by atoms with E-state index in [0.717, 1.165) is 26.2 Å². The molecule has 15 heavy (non-hydrogen) atoms. The zero-order valence-corrected chi connectivity index (χ0v) is 10.2. The van der Waals surface area contributed by atoms with Crippen LogP contribution >= 0.6 is 11.8 Å². The molecule has 0 spiro atoms. The summed E-state index contributed by atoms with van der Waals surface area (Å²) in [6.07, 6.45) is 2.16. The Bertz CT molecular complexity index is 249. The van der Waals surface area contributed by atoms with Gasteiger partial charge in [0.1, 0.15) is 0 Å². The molecule has 1 amide bonds. The first-order valence-electron chi connectivity index (χ1n) is 5.44. The van der Waals surface area contributed by atoms with Gasteiger partial charge in [0, 0.05) is 44.5 Å². The predicted octanol–water partition coefficient (Wildman–Crippen LogP) is -0.536. The lowest BCUT2D eigenvalue weighted by Crippen LogP contribution is -2.54. The van der Waals surface area contributed by atoms with E-state index in [1.54, 1.807) is 0 Å². The second kappa shape index (κ2) is 4.72. The number of thioether (sulfide) groups is 1. The van der Waals surface area contributed by atoms with Gasteiger partial charge in [-0.2, -0.15) is 11.8 Å². The molecule has 2 heterocycles. The Kier molecular flexibility index (Phi) is 3.53. The third kappa shape index (κ3) is 2.29. The Morgan fingerprint density at radius 3 is 2.87 bits per heavy atom. The van der Waals surface area contributed by atoms with Crippen LogP contribution < -0.4 is 5.32 Å². The average Bonchev–Trinajstić information content (AvgIpc) is 2.70. The number of rotatable bonds is 2. The van der Waals surface area contributed by atoms with E-state index in [4.69, 9.17) is 0 Å².